The van der Waals surface area contributed by atoms with E-state index in [-0.39, 0.29) is 74.1 Å². The molecule has 3 aromatic heterocycles. The van der Waals surface area contributed by atoms with Gasteiger partial charge in [0.15, 0.2) is 16.3 Å². The number of aromatic hydroxyl groups is 1. The maximum Gasteiger partial charge on any atom is 0.294 e. The van der Waals surface area contributed by atoms with E-state index in [1.165, 1.54) is 34.7 Å². The Labute approximate surface area is 351 Å². The minimum Gasteiger partial charge on any atom is -0.493 e. The largest absolute Gasteiger partial charge is 0.493 e. The van der Waals surface area contributed by atoms with E-state index in [9.17, 15) is 41.6 Å². The van der Waals surface area contributed by atoms with Crippen LogP contribution in [0.15, 0.2) is 127 Å². The number of hydrogen-bond acceptors (Lipinski definition) is 16. The third-order valence-electron chi connectivity index (χ3n) is 9.07. The monoisotopic (exact) mass is 874 g/mol. The first kappa shape index (κ1) is 41.9. The summed E-state index contributed by atoms with van der Waals surface area (Å²) in [6, 6.07) is 28.4. The molecule has 21 heteroatoms. The minimum atomic E-state index is -4.41. The molecule has 0 aliphatic carbocycles. The van der Waals surface area contributed by atoms with Gasteiger partial charge in [0.05, 0.1) is 39.7 Å². The van der Waals surface area contributed by atoms with Gasteiger partial charge in [0.25, 0.3) is 20.2 Å². The van der Waals surface area contributed by atoms with E-state index in [4.69, 9.17) is 4.74 Å². The number of para-hydroxylation sites is 2. The molecule has 0 bridgehead atoms. The minimum absolute atomic E-state index is 0.00929. The van der Waals surface area contributed by atoms with Gasteiger partial charge in [-0.05, 0) is 73.9 Å². The molecular weight excluding hydrogens is 845 g/mol. The van der Waals surface area contributed by atoms with E-state index >= 15 is 0 Å². The molecule has 0 radical (unpaired) electrons. The molecule has 7 aromatic rings. The number of benzene rings is 4. The standard InChI is InChI=1S/C40H30N10O8S3/c1-23-19-32(46-47-36-24(2)28(21-41)37-43-30-11-6-7-12-33(30)50(37)40(36)51)34(58-17-8-18-60(52,53)54)20-31(23)45-48-38-29(22-42)35(25-9-4-3-5-10-25)39(59-38)49-44-26-13-15-27(16-14-26)61(55,56)57/h3-7,9-16,19-20,51H,8,17-18H2,1-2H3,(H,52,53,54)(H,55,56,57). The van der Waals surface area contributed by atoms with Crippen LogP contribution in [0, 0.1) is 36.5 Å². The number of nitrogens with zero attached hydrogens (tertiary/aromatic N) is 10. The van der Waals surface area contributed by atoms with Gasteiger partial charge in [-0.1, -0.05) is 53.8 Å². The van der Waals surface area contributed by atoms with Gasteiger partial charge in [-0.2, -0.15) is 27.4 Å². The van der Waals surface area contributed by atoms with Crippen molar-refractivity contribution in [3.63, 3.8) is 0 Å². The number of ether oxygens (including phenoxy) is 1. The van der Waals surface area contributed by atoms with E-state index in [1.807, 2.05) is 6.07 Å². The van der Waals surface area contributed by atoms with Gasteiger partial charge in [-0.25, -0.2) is 4.98 Å². The van der Waals surface area contributed by atoms with Crippen LogP contribution in [0.4, 0.5) is 32.8 Å². The number of azo groups is 3. The number of fused-ring (bicyclic) bond motifs is 3. The van der Waals surface area contributed by atoms with Gasteiger partial charge in [-0.3, -0.25) is 13.5 Å². The van der Waals surface area contributed by atoms with Crippen LogP contribution >= 0.6 is 11.3 Å². The third-order valence-corrected chi connectivity index (χ3v) is 11.7. The Balaban J connectivity index is 1.28. The number of thiophene rings is 1. The zero-order chi connectivity index (χ0) is 43.5. The molecule has 7 rings (SSSR count). The van der Waals surface area contributed by atoms with Crippen LogP contribution in [0.2, 0.25) is 0 Å². The van der Waals surface area contributed by atoms with E-state index in [0.29, 0.717) is 38.3 Å². The Kier molecular flexibility index (Phi) is 11.8. The summed E-state index contributed by atoms with van der Waals surface area (Å²) in [5.74, 6) is -0.800. The Bertz CT molecular complexity index is 3260. The zero-order valence-corrected chi connectivity index (χ0v) is 34.3. The van der Waals surface area contributed by atoms with E-state index in [0.717, 1.165) is 11.3 Å². The normalized spacial score (nSPS) is 12.2. The average Bonchev–Trinajstić information content (AvgIpc) is 3.80. The lowest BCUT2D eigenvalue weighted by Crippen LogP contribution is -2.08. The van der Waals surface area contributed by atoms with Crippen LogP contribution in [0.5, 0.6) is 11.6 Å². The highest BCUT2D eigenvalue weighted by Crippen LogP contribution is 2.48. The zero-order valence-electron chi connectivity index (χ0n) is 31.9. The maximum absolute atomic E-state index is 11.5. The van der Waals surface area contributed by atoms with Crippen molar-refractivity contribution < 1.29 is 35.8 Å². The number of rotatable bonds is 13. The molecular formula is C40H30N10O8S3. The number of nitriles is 2. The Morgan fingerprint density at radius 1 is 0.787 bits per heavy atom. The van der Waals surface area contributed by atoms with Crippen molar-refractivity contribution in [2.45, 2.75) is 25.2 Å². The average molecular weight is 875 g/mol. The summed E-state index contributed by atoms with van der Waals surface area (Å²) in [6.45, 7) is 3.14. The number of imidazole rings is 1. The highest BCUT2D eigenvalue weighted by molar-refractivity contribution is 7.86. The number of aromatic nitrogens is 2. The first-order valence-corrected chi connectivity index (χ1v) is 21.7. The van der Waals surface area contributed by atoms with Crippen LogP contribution in [-0.2, 0) is 20.2 Å². The van der Waals surface area contributed by atoms with Crippen molar-refractivity contribution in [1.29, 1.82) is 10.5 Å². The molecule has 0 aliphatic rings. The summed E-state index contributed by atoms with van der Waals surface area (Å²) in [5, 5.41) is 58.5. The number of pyridine rings is 1. The van der Waals surface area contributed by atoms with Crippen LogP contribution in [-0.4, -0.2) is 52.8 Å². The summed E-state index contributed by atoms with van der Waals surface area (Å²) >= 11 is 1.02. The lowest BCUT2D eigenvalue weighted by molar-refractivity contribution is 0.317. The molecule has 0 amide bonds. The summed E-state index contributed by atoms with van der Waals surface area (Å²) in [6.07, 6.45) is -0.0824. The second-order valence-corrected chi connectivity index (χ2v) is 17.1. The number of hydrogen-bond donors (Lipinski definition) is 3. The fraction of sp³-hybridized carbons (Fsp3) is 0.125. The van der Waals surface area contributed by atoms with Gasteiger partial charge in [0.1, 0.15) is 39.7 Å². The first-order chi connectivity index (χ1) is 29.2. The molecule has 61 heavy (non-hydrogen) atoms. The van der Waals surface area contributed by atoms with Gasteiger partial charge in [0.2, 0.25) is 5.88 Å². The number of aryl methyl sites for hydroxylation is 1. The molecule has 0 atom stereocenters. The Hall–Kier alpha value is -7.27. The van der Waals surface area contributed by atoms with Crippen LogP contribution in [0.1, 0.15) is 28.7 Å². The molecule has 4 aromatic carbocycles. The smallest absolute Gasteiger partial charge is 0.294 e. The fourth-order valence-corrected chi connectivity index (χ4v) is 8.01. The summed E-state index contributed by atoms with van der Waals surface area (Å²) in [7, 11) is -8.69. The molecule has 306 valence electrons. The molecule has 0 unspecified atom stereocenters. The summed E-state index contributed by atoms with van der Waals surface area (Å²) in [5.41, 5.74) is 4.24. The topological polar surface area (TPSA) is 277 Å². The quantitative estimate of drug-likeness (QED) is 0.0556. The highest BCUT2D eigenvalue weighted by Gasteiger charge is 2.23. The molecule has 0 aliphatic heterocycles. The van der Waals surface area contributed by atoms with E-state index in [1.54, 1.807) is 68.4 Å². The highest BCUT2D eigenvalue weighted by atomic mass is 32.2. The summed E-state index contributed by atoms with van der Waals surface area (Å²) in [4.78, 5) is 4.21. The molecule has 0 saturated carbocycles. The first-order valence-electron chi connectivity index (χ1n) is 17.9. The second kappa shape index (κ2) is 17.1. The van der Waals surface area contributed by atoms with Gasteiger partial charge >= 0.3 is 0 Å². The maximum atomic E-state index is 11.5. The van der Waals surface area contributed by atoms with E-state index in [2.05, 4.69) is 47.8 Å². The Morgan fingerprint density at radius 3 is 2.15 bits per heavy atom. The second-order valence-electron chi connectivity index (χ2n) is 13.1. The van der Waals surface area contributed by atoms with Crippen molar-refractivity contribution >= 4 is 81.0 Å². The van der Waals surface area contributed by atoms with Gasteiger partial charge in [0, 0.05) is 17.2 Å². The molecule has 18 nitrogen and oxygen atoms in total. The molecule has 3 N–H and O–H groups in total. The van der Waals surface area contributed by atoms with Crippen LogP contribution in [0.3, 0.4) is 0 Å². The summed E-state index contributed by atoms with van der Waals surface area (Å²) < 4.78 is 71.7. The predicted molar refractivity (Wildman–Crippen MR) is 225 cm³/mol. The van der Waals surface area contributed by atoms with Crippen molar-refractivity contribution in [2.75, 3.05) is 12.4 Å². The van der Waals surface area contributed by atoms with Crippen LogP contribution < -0.4 is 4.74 Å². The van der Waals surface area contributed by atoms with Crippen molar-refractivity contribution in [3.05, 3.63) is 113 Å². The Morgan fingerprint density at radius 2 is 1.46 bits per heavy atom. The van der Waals surface area contributed by atoms with Crippen LogP contribution in [0.25, 0.3) is 27.8 Å². The molecule has 0 saturated heterocycles. The van der Waals surface area contributed by atoms with E-state index < -0.39 is 26.0 Å². The molecule has 0 spiro atoms. The fourth-order valence-electron chi connectivity index (χ4n) is 6.12. The third kappa shape index (κ3) is 9.01. The van der Waals surface area contributed by atoms with Gasteiger partial charge in [-0.15, -0.1) is 30.7 Å². The van der Waals surface area contributed by atoms with Gasteiger partial charge < -0.3 is 9.84 Å². The lowest BCUT2D eigenvalue weighted by Gasteiger charge is -2.12. The molecule has 0 fully saturated rings. The molecule has 3 heterocycles. The van der Waals surface area contributed by atoms with Crippen molar-refractivity contribution in [3.8, 4) is 34.9 Å². The van der Waals surface area contributed by atoms with Crippen molar-refractivity contribution in [2.24, 2.45) is 30.7 Å². The predicted octanol–water partition coefficient (Wildman–Crippen LogP) is 10.4. The lowest BCUT2D eigenvalue weighted by atomic mass is 10.0. The van der Waals surface area contributed by atoms with Crippen molar-refractivity contribution in [1.82, 2.24) is 9.38 Å². The SMILES string of the molecule is Cc1cc(N=Nc2c(C)c(C#N)c3nc4ccccc4n3c2O)c(OCCCS(=O)(=O)O)cc1N=Nc1sc(N=Nc2ccc(S(=O)(=O)O)cc2)c(-c2ccccc2)c1C#N.